The van der Waals surface area contributed by atoms with Crippen molar-refractivity contribution in [1.29, 1.82) is 0 Å². The quantitative estimate of drug-likeness (QED) is 0.634. The standard InChI is InChI=1S/C21H20ClN3O3/c1-3-13-4-7-16(8-5-13)25-12-14(10-19(25)26)20-23-21(28-24-20)17-11-15(22)6-9-18(17)27-2/h4-9,11,14H,3,10,12H2,1-2H3/t14-/m0/s1. The fourth-order valence-corrected chi connectivity index (χ4v) is 3.57. The van der Waals surface area contributed by atoms with E-state index in [2.05, 4.69) is 17.1 Å². The molecule has 6 nitrogen and oxygen atoms in total. The molecule has 0 spiro atoms. The molecule has 0 radical (unpaired) electrons. The van der Waals surface area contributed by atoms with Gasteiger partial charge in [0.15, 0.2) is 5.82 Å². The van der Waals surface area contributed by atoms with Gasteiger partial charge in [0, 0.05) is 29.6 Å². The van der Waals surface area contributed by atoms with Crippen molar-refractivity contribution in [3.63, 3.8) is 0 Å². The zero-order valence-electron chi connectivity index (χ0n) is 15.7. The molecule has 0 N–H and O–H groups in total. The van der Waals surface area contributed by atoms with Crippen molar-refractivity contribution in [2.45, 2.75) is 25.7 Å². The summed E-state index contributed by atoms with van der Waals surface area (Å²) in [6.07, 6.45) is 1.32. The van der Waals surface area contributed by atoms with Crippen LogP contribution in [0.4, 0.5) is 5.69 Å². The van der Waals surface area contributed by atoms with Crippen LogP contribution in [0, 0.1) is 0 Å². The number of aryl methyl sites for hydroxylation is 1. The highest BCUT2D eigenvalue weighted by Gasteiger charge is 2.34. The number of aromatic nitrogens is 2. The third kappa shape index (κ3) is 3.47. The summed E-state index contributed by atoms with van der Waals surface area (Å²) in [6, 6.07) is 13.3. The summed E-state index contributed by atoms with van der Waals surface area (Å²) in [5.41, 5.74) is 2.76. The van der Waals surface area contributed by atoms with Crippen molar-refractivity contribution in [3.8, 4) is 17.2 Å². The lowest BCUT2D eigenvalue weighted by atomic mass is 10.1. The van der Waals surface area contributed by atoms with Gasteiger partial charge in [-0.15, -0.1) is 0 Å². The normalized spacial score (nSPS) is 16.6. The van der Waals surface area contributed by atoms with Crippen molar-refractivity contribution in [1.82, 2.24) is 10.1 Å². The number of benzene rings is 2. The van der Waals surface area contributed by atoms with Crippen LogP contribution >= 0.6 is 11.6 Å². The summed E-state index contributed by atoms with van der Waals surface area (Å²) in [4.78, 5) is 18.8. The van der Waals surface area contributed by atoms with Crippen LogP contribution in [-0.4, -0.2) is 29.7 Å². The Kier molecular flexibility index (Phi) is 5.05. The van der Waals surface area contributed by atoms with Crippen molar-refractivity contribution in [2.75, 3.05) is 18.6 Å². The van der Waals surface area contributed by atoms with E-state index in [9.17, 15) is 4.79 Å². The first-order chi connectivity index (χ1) is 13.6. The van der Waals surface area contributed by atoms with Crippen molar-refractivity contribution in [2.24, 2.45) is 0 Å². The van der Waals surface area contributed by atoms with Gasteiger partial charge in [-0.3, -0.25) is 4.79 Å². The highest BCUT2D eigenvalue weighted by Crippen LogP contribution is 2.35. The molecule has 28 heavy (non-hydrogen) atoms. The van der Waals surface area contributed by atoms with Gasteiger partial charge in [0.25, 0.3) is 5.89 Å². The van der Waals surface area contributed by atoms with Gasteiger partial charge in [-0.1, -0.05) is 35.8 Å². The Labute approximate surface area is 168 Å². The monoisotopic (exact) mass is 397 g/mol. The number of nitrogens with zero attached hydrogens (tertiary/aromatic N) is 3. The SMILES string of the molecule is CCc1ccc(N2C[C@@H](c3noc(-c4cc(Cl)ccc4OC)n3)CC2=O)cc1. The summed E-state index contributed by atoms with van der Waals surface area (Å²) in [5, 5.41) is 4.66. The molecule has 0 unspecified atom stereocenters. The molecule has 144 valence electrons. The van der Waals surface area contributed by atoms with Gasteiger partial charge < -0.3 is 14.2 Å². The molecule has 1 amide bonds. The van der Waals surface area contributed by atoms with Crippen LogP contribution in [0.3, 0.4) is 0 Å². The third-order valence-electron chi connectivity index (χ3n) is 4.98. The summed E-state index contributed by atoms with van der Waals surface area (Å²) >= 11 is 6.09. The lowest BCUT2D eigenvalue weighted by molar-refractivity contribution is -0.117. The summed E-state index contributed by atoms with van der Waals surface area (Å²) in [6.45, 7) is 2.63. The average Bonchev–Trinajstić information content (AvgIpc) is 3.35. The van der Waals surface area contributed by atoms with E-state index in [4.69, 9.17) is 20.9 Å². The molecule has 1 aliphatic rings. The Hall–Kier alpha value is -2.86. The Morgan fingerprint density at radius 1 is 1.25 bits per heavy atom. The van der Waals surface area contributed by atoms with Gasteiger partial charge in [-0.25, -0.2) is 0 Å². The number of hydrogen-bond acceptors (Lipinski definition) is 5. The molecule has 4 rings (SSSR count). The fraction of sp³-hybridized carbons (Fsp3) is 0.286. The highest BCUT2D eigenvalue weighted by atomic mass is 35.5. The van der Waals surface area contributed by atoms with Crippen LogP contribution in [0.2, 0.25) is 5.02 Å². The summed E-state index contributed by atoms with van der Waals surface area (Å²) in [7, 11) is 1.57. The van der Waals surface area contributed by atoms with Gasteiger partial charge in [-0.05, 0) is 42.3 Å². The molecule has 0 bridgehead atoms. The van der Waals surface area contributed by atoms with E-state index in [1.54, 1.807) is 30.2 Å². The zero-order valence-corrected chi connectivity index (χ0v) is 16.4. The van der Waals surface area contributed by atoms with E-state index < -0.39 is 0 Å². The lowest BCUT2D eigenvalue weighted by Gasteiger charge is -2.16. The van der Waals surface area contributed by atoms with Crippen molar-refractivity contribution >= 4 is 23.2 Å². The number of rotatable bonds is 5. The second-order valence-electron chi connectivity index (χ2n) is 6.73. The minimum absolute atomic E-state index is 0.0564. The minimum atomic E-state index is -0.124. The van der Waals surface area contributed by atoms with Crippen LogP contribution in [0.15, 0.2) is 47.0 Å². The molecule has 2 aromatic carbocycles. The fourth-order valence-electron chi connectivity index (χ4n) is 3.40. The van der Waals surface area contributed by atoms with E-state index >= 15 is 0 Å². The van der Waals surface area contributed by atoms with Gasteiger partial charge >= 0.3 is 0 Å². The topological polar surface area (TPSA) is 68.5 Å². The van der Waals surface area contributed by atoms with Crippen LogP contribution in [0.5, 0.6) is 5.75 Å². The molecule has 0 saturated carbocycles. The number of carbonyl (C=O) groups is 1. The Balaban J connectivity index is 1.56. The number of halogens is 1. The molecule has 1 atom stereocenters. The van der Waals surface area contributed by atoms with Gasteiger partial charge in [0.2, 0.25) is 5.91 Å². The number of anilines is 1. The number of ether oxygens (including phenoxy) is 1. The first kappa shape index (κ1) is 18.5. The Morgan fingerprint density at radius 2 is 2.04 bits per heavy atom. The Bertz CT molecular complexity index is 1000. The van der Waals surface area contributed by atoms with Crippen LogP contribution in [0.1, 0.15) is 30.7 Å². The first-order valence-corrected chi connectivity index (χ1v) is 9.53. The van der Waals surface area contributed by atoms with E-state index in [1.807, 2.05) is 24.3 Å². The lowest BCUT2D eigenvalue weighted by Crippen LogP contribution is -2.24. The molecule has 1 saturated heterocycles. The van der Waals surface area contributed by atoms with Crippen molar-refractivity contribution < 1.29 is 14.1 Å². The molecule has 2 heterocycles. The maximum Gasteiger partial charge on any atom is 0.261 e. The Morgan fingerprint density at radius 3 is 2.75 bits per heavy atom. The average molecular weight is 398 g/mol. The second-order valence-corrected chi connectivity index (χ2v) is 7.16. The highest BCUT2D eigenvalue weighted by molar-refractivity contribution is 6.30. The maximum atomic E-state index is 12.5. The van der Waals surface area contributed by atoms with E-state index in [0.29, 0.717) is 41.0 Å². The molecular formula is C21H20ClN3O3. The van der Waals surface area contributed by atoms with Gasteiger partial charge in [0.05, 0.1) is 12.7 Å². The van der Waals surface area contributed by atoms with Crippen LogP contribution < -0.4 is 9.64 Å². The molecular weight excluding hydrogens is 378 g/mol. The summed E-state index contributed by atoms with van der Waals surface area (Å²) in [5.74, 6) is 1.37. The predicted molar refractivity (Wildman–Crippen MR) is 107 cm³/mol. The zero-order chi connectivity index (χ0) is 19.7. The minimum Gasteiger partial charge on any atom is -0.496 e. The van der Waals surface area contributed by atoms with E-state index in [1.165, 1.54) is 5.56 Å². The number of amides is 1. The van der Waals surface area contributed by atoms with E-state index in [-0.39, 0.29) is 11.8 Å². The van der Waals surface area contributed by atoms with E-state index in [0.717, 1.165) is 12.1 Å². The predicted octanol–water partition coefficient (Wildman–Crippen LogP) is 4.48. The van der Waals surface area contributed by atoms with Crippen LogP contribution in [0.25, 0.3) is 11.5 Å². The number of hydrogen-bond donors (Lipinski definition) is 0. The maximum absolute atomic E-state index is 12.5. The van der Waals surface area contributed by atoms with Crippen LogP contribution in [-0.2, 0) is 11.2 Å². The van der Waals surface area contributed by atoms with Crippen molar-refractivity contribution in [3.05, 3.63) is 58.9 Å². The van der Waals surface area contributed by atoms with Gasteiger partial charge in [-0.2, -0.15) is 4.98 Å². The molecule has 7 heteroatoms. The second kappa shape index (κ2) is 7.64. The smallest absolute Gasteiger partial charge is 0.261 e. The van der Waals surface area contributed by atoms with Gasteiger partial charge in [0.1, 0.15) is 5.75 Å². The first-order valence-electron chi connectivity index (χ1n) is 9.16. The molecule has 1 aliphatic heterocycles. The largest absolute Gasteiger partial charge is 0.496 e. The molecule has 0 aliphatic carbocycles. The molecule has 3 aromatic rings. The summed E-state index contributed by atoms with van der Waals surface area (Å²) < 4.78 is 10.8. The number of methoxy groups -OCH3 is 1. The molecule has 1 aromatic heterocycles. The third-order valence-corrected chi connectivity index (χ3v) is 5.22. The number of carbonyl (C=O) groups excluding carboxylic acids is 1. The molecule has 1 fully saturated rings.